The Hall–Kier alpha value is -0.970. The first-order valence-electron chi connectivity index (χ1n) is 7.90. The summed E-state index contributed by atoms with van der Waals surface area (Å²) < 4.78 is 5.27. The molecule has 1 saturated carbocycles. The molecule has 0 heterocycles. The molecule has 2 N–H and O–H groups in total. The predicted molar refractivity (Wildman–Crippen MR) is 94.2 cm³/mol. The van der Waals surface area contributed by atoms with Crippen LogP contribution in [-0.2, 0) is 4.74 Å². The highest BCUT2D eigenvalue weighted by atomic mass is 35.5. The zero-order valence-electron chi connectivity index (χ0n) is 14.0. The van der Waals surface area contributed by atoms with E-state index in [0.29, 0.717) is 10.0 Å². The maximum atomic E-state index is 11.8. The smallest absolute Gasteiger partial charge is 0.407 e. The Labute approximate surface area is 147 Å². The first-order valence-corrected chi connectivity index (χ1v) is 8.65. The third-order valence-electron chi connectivity index (χ3n) is 3.65. The van der Waals surface area contributed by atoms with Crippen molar-refractivity contribution in [1.82, 2.24) is 10.6 Å². The molecule has 23 heavy (non-hydrogen) atoms. The van der Waals surface area contributed by atoms with Crippen molar-refractivity contribution in [1.29, 1.82) is 0 Å². The van der Waals surface area contributed by atoms with E-state index in [1.54, 1.807) is 6.07 Å². The van der Waals surface area contributed by atoms with Gasteiger partial charge >= 0.3 is 6.09 Å². The fourth-order valence-corrected chi connectivity index (χ4v) is 3.01. The molecule has 1 aliphatic carbocycles. The van der Waals surface area contributed by atoms with Crippen LogP contribution in [0.15, 0.2) is 18.2 Å². The normalized spacial score (nSPS) is 21.7. The molecule has 0 saturated heterocycles. The number of benzene rings is 1. The minimum Gasteiger partial charge on any atom is -0.444 e. The van der Waals surface area contributed by atoms with Gasteiger partial charge in [-0.05, 0) is 51.3 Å². The maximum Gasteiger partial charge on any atom is 0.407 e. The molecule has 0 bridgehead atoms. The van der Waals surface area contributed by atoms with E-state index in [2.05, 4.69) is 17.6 Å². The van der Waals surface area contributed by atoms with Gasteiger partial charge < -0.3 is 15.4 Å². The molecule has 1 fully saturated rings. The van der Waals surface area contributed by atoms with E-state index in [4.69, 9.17) is 27.9 Å². The second-order valence-electron chi connectivity index (χ2n) is 6.89. The van der Waals surface area contributed by atoms with Gasteiger partial charge in [-0.3, -0.25) is 0 Å². The molecule has 1 aliphatic rings. The summed E-state index contributed by atoms with van der Waals surface area (Å²) in [5.41, 5.74) is 0.548. The van der Waals surface area contributed by atoms with Crippen molar-refractivity contribution in [3.05, 3.63) is 33.8 Å². The van der Waals surface area contributed by atoms with Gasteiger partial charge in [-0.2, -0.15) is 0 Å². The molecule has 0 spiro atoms. The largest absolute Gasteiger partial charge is 0.444 e. The lowest BCUT2D eigenvalue weighted by atomic mass is 10.0. The average molecular weight is 359 g/mol. The predicted octanol–water partition coefficient (Wildman–Crippen LogP) is 4.70. The average Bonchev–Trinajstić information content (AvgIpc) is 3.12. The number of rotatable bonds is 5. The van der Waals surface area contributed by atoms with Gasteiger partial charge in [-0.25, -0.2) is 4.79 Å². The molecule has 4 nitrogen and oxygen atoms in total. The minimum atomic E-state index is -0.481. The topological polar surface area (TPSA) is 50.4 Å². The number of ether oxygens (including phenoxy) is 1. The van der Waals surface area contributed by atoms with Crippen LogP contribution in [0.5, 0.6) is 0 Å². The minimum absolute atomic E-state index is 0.102. The highest BCUT2D eigenvalue weighted by Gasteiger charge is 2.40. The van der Waals surface area contributed by atoms with Crippen LogP contribution < -0.4 is 10.6 Å². The Kier molecular flexibility index (Phi) is 5.82. The fraction of sp³-hybridized carbons (Fsp3) is 0.588. The van der Waals surface area contributed by atoms with E-state index in [1.165, 1.54) is 0 Å². The molecule has 0 radical (unpaired) electrons. The molecule has 1 aromatic carbocycles. The van der Waals surface area contributed by atoms with Crippen molar-refractivity contribution < 1.29 is 9.53 Å². The number of hydrogen-bond acceptors (Lipinski definition) is 3. The van der Waals surface area contributed by atoms with Crippen LogP contribution in [0.4, 0.5) is 4.79 Å². The zero-order chi connectivity index (χ0) is 17.2. The Morgan fingerprint density at radius 1 is 1.35 bits per heavy atom. The summed E-state index contributed by atoms with van der Waals surface area (Å²) in [6, 6.07) is 6.02. The summed E-state index contributed by atoms with van der Waals surface area (Å²) in [5, 5.41) is 7.72. The quantitative estimate of drug-likeness (QED) is 0.801. The van der Waals surface area contributed by atoms with Crippen LogP contribution in [0, 0.1) is 0 Å². The summed E-state index contributed by atoms with van der Waals surface area (Å²) in [7, 11) is 0. The third-order valence-corrected chi connectivity index (χ3v) is 4.22. The van der Waals surface area contributed by atoms with Gasteiger partial charge in [0, 0.05) is 28.2 Å². The highest BCUT2D eigenvalue weighted by Crippen LogP contribution is 2.32. The lowest BCUT2D eigenvalue weighted by molar-refractivity contribution is 0.0522. The Morgan fingerprint density at radius 3 is 2.61 bits per heavy atom. The molecule has 128 valence electrons. The van der Waals surface area contributed by atoms with Crippen molar-refractivity contribution in [3.8, 4) is 0 Å². The molecule has 0 aliphatic heterocycles. The monoisotopic (exact) mass is 358 g/mol. The SMILES string of the molecule is CCC(NC1CC1NC(=O)OC(C)(C)C)c1ccc(Cl)cc1Cl. The van der Waals surface area contributed by atoms with Gasteiger partial charge in [0.25, 0.3) is 0 Å². The Balaban J connectivity index is 1.88. The maximum absolute atomic E-state index is 11.8. The summed E-state index contributed by atoms with van der Waals surface area (Å²) in [5.74, 6) is 0. The van der Waals surface area contributed by atoms with Gasteiger partial charge in [0.05, 0.1) is 0 Å². The molecule has 1 aromatic rings. The lowest BCUT2D eigenvalue weighted by Gasteiger charge is -2.21. The van der Waals surface area contributed by atoms with Crippen LogP contribution in [0.1, 0.15) is 52.1 Å². The molecule has 2 rings (SSSR count). The van der Waals surface area contributed by atoms with Crippen molar-refractivity contribution in [2.24, 2.45) is 0 Å². The van der Waals surface area contributed by atoms with Crippen molar-refractivity contribution in [2.75, 3.05) is 0 Å². The molecule has 3 atom stereocenters. The Bertz CT molecular complexity index is 572. The van der Waals surface area contributed by atoms with E-state index < -0.39 is 5.60 Å². The van der Waals surface area contributed by atoms with Crippen LogP contribution in [0.3, 0.4) is 0 Å². The number of carbonyl (C=O) groups excluding carboxylic acids is 1. The van der Waals surface area contributed by atoms with Crippen LogP contribution in [0.2, 0.25) is 10.0 Å². The van der Waals surface area contributed by atoms with Crippen LogP contribution in [-0.4, -0.2) is 23.8 Å². The van der Waals surface area contributed by atoms with E-state index >= 15 is 0 Å². The van der Waals surface area contributed by atoms with Crippen molar-refractivity contribution >= 4 is 29.3 Å². The van der Waals surface area contributed by atoms with Crippen molar-refractivity contribution in [3.63, 3.8) is 0 Å². The van der Waals surface area contributed by atoms with E-state index in [-0.39, 0.29) is 24.2 Å². The van der Waals surface area contributed by atoms with Crippen LogP contribution >= 0.6 is 23.2 Å². The van der Waals surface area contributed by atoms with Gasteiger partial charge in [0.1, 0.15) is 5.60 Å². The molecule has 3 unspecified atom stereocenters. The molecule has 0 aromatic heterocycles. The van der Waals surface area contributed by atoms with Gasteiger partial charge in [-0.1, -0.05) is 36.2 Å². The number of carbonyl (C=O) groups is 1. The molecular weight excluding hydrogens is 335 g/mol. The second-order valence-corrected chi connectivity index (χ2v) is 7.73. The first kappa shape index (κ1) is 18.4. The van der Waals surface area contributed by atoms with E-state index in [0.717, 1.165) is 18.4 Å². The second kappa shape index (κ2) is 7.29. The zero-order valence-corrected chi connectivity index (χ0v) is 15.5. The number of hydrogen-bond donors (Lipinski definition) is 2. The number of nitrogens with one attached hydrogen (secondary N) is 2. The summed E-state index contributed by atoms with van der Waals surface area (Å²) in [6.45, 7) is 7.65. The van der Waals surface area contributed by atoms with E-state index in [9.17, 15) is 4.79 Å². The molecule has 6 heteroatoms. The number of amides is 1. The Morgan fingerprint density at radius 2 is 2.04 bits per heavy atom. The number of halogens is 2. The standard InChI is InChI=1S/C17H24Cl2N2O2/c1-5-13(11-7-6-10(18)8-12(11)19)20-14-9-15(14)21-16(22)23-17(2,3)4/h6-8,13-15,20H,5,9H2,1-4H3,(H,21,22). The highest BCUT2D eigenvalue weighted by molar-refractivity contribution is 6.35. The van der Waals surface area contributed by atoms with Gasteiger partial charge in [-0.15, -0.1) is 0 Å². The van der Waals surface area contributed by atoms with Crippen LogP contribution in [0.25, 0.3) is 0 Å². The van der Waals surface area contributed by atoms with Gasteiger partial charge in [0.2, 0.25) is 0 Å². The lowest BCUT2D eigenvalue weighted by Crippen LogP contribution is -2.37. The van der Waals surface area contributed by atoms with E-state index in [1.807, 2.05) is 32.9 Å². The third kappa shape index (κ3) is 5.55. The number of alkyl carbamates (subject to hydrolysis) is 1. The summed E-state index contributed by atoms with van der Waals surface area (Å²) in [4.78, 5) is 11.8. The summed E-state index contributed by atoms with van der Waals surface area (Å²) >= 11 is 12.2. The molecule has 1 amide bonds. The first-order chi connectivity index (χ1) is 10.7. The summed E-state index contributed by atoms with van der Waals surface area (Å²) in [6.07, 6.45) is 1.42. The fourth-order valence-electron chi connectivity index (χ4n) is 2.47. The van der Waals surface area contributed by atoms with Gasteiger partial charge in [0.15, 0.2) is 0 Å². The molecular formula is C17H24Cl2N2O2. The van der Waals surface area contributed by atoms with Crippen molar-refractivity contribution in [2.45, 2.75) is 64.3 Å².